The third-order valence-electron chi connectivity index (χ3n) is 3.91. The van der Waals surface area contributed by atoms with Crippen LogP contribution in [0.4, 0.5) is 0 Å². The van der Waals surface area contributed by atoms with Crippen LogP contribution in [0.5, 0.6) is 0 Å². The Morgan fingerprint density at radius 2 is 1.94 bits per heavy atom. The van der Waals surface area contributed by atoms with Crippen molar-refractivity contribution < 1.29 is 4.74 Å². The monoisotopic (exact) mass is 223 g/mol. The van der Waals surface area contributed by atoms with Crippen LogP contribution >= 0.6 is 0 Å². The average Bonchev–Trinajstić information content (AvgIpc) is 2.50. The van der Waals surface area contributed by atoms with E-state index in [9.17, 15) is 0 Å². The van der Waals surface area contributed by atoms with Gasteiger partial charge in [0.1, 0.15) is 0 Å². The molecule has 0 aromatic rings. The maximum Gasteiger partial charge on any atom is 0.0597 e. The first-order valence-electron chi connectivity index (χ1n) is 6.34. The van der Waals surface area contributed by atoms with Crippen molar-refractivity contribution in [3.05, 3.63) is 0 Å². The van der Waals surface area contributed by atoms with E-state index >= 15 is 0 Å². The van der Waals surface area contributed by atoms with Crippen LogP contribution in [-0.2, 0) is 4.74 Å². The second-order valence-electron chi connectivity index (χ2n) is 4.84. The molecular weight excluding hydrogens is 198 g/mol. The van der Waals surface area contributed by atoms with Gasteiger partial charge in [-0.3, -0.25) is 0 Å². The van der Waals surface area contributed by atoms with Gasteiger partial charge in [0.2, 0.25) is 0 Å². The lowest BCUT2D eigenvalue weighted by Crippen LogP contribution is -2.40. The minimum absolute atomic E-state index is 0.358. The van der Waals surface area contributed by atoms with E-state index in [1.807, 2.05) is 14.0 Å². The van der Waals surface area contributed by atoms with Crippen molar-refractivity contribution in [2.24, 2.45) is 11.8 Å². The van der Waals surface area contributed by atoms with Gasteiger partial charge in [0.25, 0.3) is 0 Å². The summed E-state index contributed by atoms with van der Waals surface area (Å²) in [4.78, 5) is 0. The molecule has 1 saturated heterocycles. The highest BCUT2D eigenvalue weighted by molar-refractivity contribution is 4.98. The highest BCUT2D eigenvalue weighted by Crippen LogP contribution is 2.35. The Kier molecular flexibility index (Phi) is 5.31. The van der Waals surface area contributed by atoms with Crippen molar-refractivity contribution in [1.29, 1.82) is 0 Å². The van der Waals surface area contributed by atoms with Gasteiger partial charge in [-0.25, -0.2) is 0 Å². The molecule has 0 aromatic heterocycles. The molecule has 0 amide bonds. The van der Waals surface area contributed by atoms with Gasteiger partial charge in [-0.1, -0.05) is 6.92 Å². The van der Waals surface area contributed by atoms with E-state index in [1.165, 1.54) is 0 Å². The molecule has 5 unspecified atom stereocenters. The summed E-state index contributed by atoms with van der Waals surface area (Å²) >= 11 is 0. The Morgan fingerprint density at radius 3 is 2.38 bits per heavy atom. The lowest BCUT2D eigenvalue weighted by molar-refractivity contribution is 0.0476. The largest absolute Gasteiger partial charge is 0.375 e. The topological polar surface area (TPSA) is 21.3 Å². The molecule has 0 spiro atoms. The molecule has 1 aliphatic heterocycles. The quantitative estimate of drug-likeness (QED) is 0.739. The van der Waals surface area contributed by atoms with E-state index in [-0.39, 0.29) is 0 Å². The second kappa shape index (κ2) is 6.27. The Morgan fingerprint density at radius 1 is 1.25 bits per heavy atom. The maximum absolute atomic E-state index is 5.90. The number of hydrogen-bond donors (Lipinski definition) is 1. The van der Waals surface area contributed by atoms with Crippen LogP contribution in [0.1, 0.15) is 40.5 Å². The molecule has 0 aliphatic carbocycles. The fourth-order valence-corrected chi connectivity index (χ4v) is 2.87. The molecule has 0 bridgehead atoms. The summed E-state index contributed by atoms with van der Waals surface area (Å²) < 4.78 is 5.90. The van der Waals surface area contributed by atoms with Crippen LogP contribution in [0.25, 0.3) is 0 Å². The third-order valence-corrected chi connectivity index (χ3v) is 3.91. The van der Waals surface area contributed by atoms with E-state index < -0.39 is 0 Å². The van der Waals surface area contributed by atoms with Crippen molar-refractivity contribution in [3.8, 4) is 11.8 Å². The summed E-state index contributed by atoms with van der Waals surface area (Å²) in [7, 11) is 2.05. The maximum atomic E-state index is 5.90. The Balaban J connectivity index is 2.59. The second-order valence-corrected chi connectivity index (χ2v) is 4.84. The SMILES string of the molecule is CC#CCCC(NC)C1C(C)OC(C)C1C. The van der Waals surface area contributed by atoms with Crippen molar-refractivity contribution in [2.45, 2.75) is 58.8 Å². The molecule has 0 saturated carbocycles. The molecule has 1 rings (SSSR count). The highest BCUT2D eigenvalue weighted by Gasteiger charge is 2.40. The van der Waals surface area contributed by atoms with E-state index in [4.69, 9.17) is 4.74 Å². The minimum atomic E-state index is 0.358. The van der Waals surface area contributed by atoms with Crippen LogP contribution < -0.4 is 5.32 Å². The minimum Gasteiger partial charge on any atom is -0.375 e. The zero-order chi connectivity index (χ0) is 12.1. The van der Waals surface area contributed by atoms with Gasteiger partial charge < -0.3 is 10.1 Å². The molecule has 1 aliphatic rings. The third kappa shape index (κ3) is 2.99. The van der Waals surface area contributed by atoms with Crippen molar-refractivity contribution in [1.82, 2.24) is 5.32 Å². The predicted molar refractivity (Wildman–Crippen MR) is 68.2 cm³/mol. The molecule has 1 heterocycles. The molecular formula is C14H25NO. The van der Waals surface area contributed by atoms with E-state index in [0.29, 0.717) is 30.1 Å². The normalized spacial score (nSPS) is 35.6. The number of rotatable bonds is 4. The van der Waals surface area contributed by atoms with Gasteiger partial charge >= 0.3 is 0 Å². The van der Waals surface area contributed by atoms with Crippen molar-refractivity contribution in [3.63, 3.8) is 0 Å². The zero-order valence-corrected chi connectivity index (χ0v) is 11.2. The van der Waals surface area contributed by atoms with Gasteiger partial charge in [0.05, 0.1) is 12.2 Å². The first-order valence-corrected chi connectivity index (χ1v) is 6.34. The van der Waals surface area contributed by atoms with Gasteiger partial charge in [0, 0.05) is 18.4 Å². The Labute approximate surface area is 100 Å². The Hall–Kier alpha value is -0.520. The molecule has 16 heavy (non-hydrogen) atoms. The van der Waals surface area contributed by atoms with E-state index in [0.717, 1.165) is 12.8 Å². The molecule has 1 fully saturated rings. The average molecular weight is 223 g/mol. The summed E-state index contributed by atoms with van der Waals surface area (Å²) in [6.45, 7) is 8.58. The number of ether oxygens (including phenoxy) is 1. The first-order chi connectivity index (χ1) is 7.61. The summed E-state index contributed by atoms with van der Waals surface area (Å²) in [6, 6.07) is 0.524. The van der Waals surface area contributed by atoms with Gasteiger partial charge in [0.15, 0.2) is 0 Å². The van der Waals surface area contributed by atoms with Crippen LogP contribution in [-0.4, -0.2) is 25.3 Å². The summed E-state index contributed by atoms with van der Waals surface area (Å²) in [5, 5.41) is 3.44. The van der Waals surface area contributed by atoms with Crippen LogP contribution in [0.15, 0.2) is 0 Å². The summed E-state index contributed by atoms with van der Waals surface area (Å²) in [6.07, 6.45) is 2.84. The molecule has 0 aromatic carbocycles. The van der Waals surface area contributed by atoms with E-state index in [1.54, 1.807) is 0 Å². The molecule has 5 atom stereocenters. The fourth-order valence-electron chi connectivity index (χ4n) is 2.87. The highest BCUT2D eigenvalue weighted by atomic mass is 16.5. The van der Waals surface area contributed by atoms with Gasteiger partial charge in [-0.2, -0.15) is 0 Å². The fraction of sp³-hybridized carbons (Fsp3) is 0.857. The van der Waals surface area contributed by atoms with E-state index in [2.05, 4.69) is 37.9 Å². The summed E-state index contributed by atoms with van der Waals surface area (Å²) in [5.41, 5.74) is 0. The Bertz CT molecular complexity index is 266. The van der Waals surface area contributed by atoms with Crippen molar-refractivity contribution in [2.75, 3.05) is 7.05 Å². The van der Waals surface area contributed by atoms with Gasteiger partial charge in [-0.05, 0) is 40.2 Å². The van der Waals surface area contributed by atoms with Crippen LogP contribution in [0.2, 0.25) is 0 Å². The van der Waals surface area contributed by atoms with Crippen molar-refractivity contribution >= 4 is 0 Å². The number of hydrogen-bond acceptors (Lipinski definition) is 2. The summed E-state index contributed by atoms with van der Waals surface area (Å²) in [5.74, 6) is 7.34. The molecule has 1 N–H and O–H groups in total. The lowest BCUT2D eigenvalue weighted by atomic mass is 9.82. The molecule has 2 heteroatoms. The smallest absolute Gasteiger partial charge is 0.0597 e. The standard InChI is InChI=1S/C14H25NO/c1-6-7-8-9-13(15-5)14-10(2)11(3)16-12(14)4/h10-15H,8-9H2,1-5H3. The molecule has 2 nitrogen and oxygen atoms in total. The van der Waals surface area contributed by atoms with Gasteiger partial charge in [-0.15, -0.1) is 11.8 Å². The zero-order valence-electron chi connectivity index (χ0n) is 11.2. The predicted octanol–water partition coefficient (Wildman–Crippen LogP) is 2.44. The number of nitrogens with one attached hydrogen (secondary N) is 1. The van der Waals surface area contributed by atoms with Crippen LogP contribution in [0, 0.1) is 23.7 Å². The lowest BCUT2D eigenvalue weighted by Gasteiger charge is -2.28. The van der Waals surface area contributed by atoms with Crippen LogP contribution in [0.3, 0.4) is 0 Å². The molecule has 92 valence electrons. The molecule has 0 radical (unpaired) electrons. The first kappa shape index (κ1) is 13.5.